The molecular formula is C13H13N3O. The Hall–Kier alpha value is -2.36. The Morgan fingerprint density at radius 1 is 1.24 bits per heavy atom. The van der Waals surface area contributed by atoms with Gasteiger partial charge in [-0.2, -0.15) is 5.10 Å². The fourth-order valence-electron chi connectivity index (χ4n) is 1.69. The molecule has 0 aromatic heterocycles. The van der Waals surface area contributed by atoms with Crippen molar-refractivity contribution >= 4 is 23.0 Å². The molecule has 2 aromatic rings. The number of carbonyl (C=O) groups excluding carboxylic acids is 1. The van der Waals surface area contributed by atoms with Crippen LogP contribution in [0.5, 0.6) is 0 Å². The Bertz CT molecular complexity index is 590. The predicted octanol–water partition coefficient (Wildman–Crippen LogP) is 1.78. The van der Waals surface area contributed by atoms with Crippen LogP contribution in [0, 0.1) is 6.92 Å². The number of hydrogen-bond donors (Lipinski definition) is 2. The lowest BCUT2D eigenvalue weighted by Crippen LogP contribution is -2.21. The van der Waals surface area contributed by atoms with Gasteiger partial charge in [0.2, 0.25) is 0 Å². The summed E-state index contributed by atoms with van der Waals surface area (Å²) < 4.78 is 0. The quantitative estimate of drug-likeness (QED) is 0.355. The fraction of sp³-hybridized carbons (Fsp3) is 0.0769. The number of aryl methyl sites for hydroxylation is 1. The van der Waals surface area contributed by atoms with Gasteiger partial charge in [-0.25, -0.2) is 0 Å². The Morgan fingerprint density at radius 2 is 1.94 bits per heavy atom. The maximum atomic E-state index is 11.7. The zero-order valence-corrected chi connectivity index (χ0v) is 9.47. The molecule has 0 radical (unpaired) electrons. The second kappa shape index (κ2) is 4.65. The van der Waals surface area contributed by atoms with Crippen LogP contribution in [0.3, 0.4) is 0 Å². The van der Waals surface area contributed by atoms with E-state index in [0.717, 1.165) is 10.8 Å². The van der Waals surface area contributed by atoms with E-state index < -0.39 is 0 Å². The van der Waals surface area contributed by atoms with Crippen LogP contribution in [0.2, 0.25) is 0 Å². The van der Waals surface area contributed by atoms with Crippen molar-refractivity contribution in [3.63, 3.8) is 0 Å². The summed E-state index contributed by atoms with van der Waals surface area (Å²) in [5.41, 5.74) is 1.78. The van der Waals surface area contributed by atoms with Gasteiger partial charge in [0.05, 0.1) is 0 Å². The lowest BCUT2D eigenvalue weighted by atomic mass is 10.0. The molecule has 2 aromatic carbocycles. The predicted molar refractivity (Wildman–Crippen MR) is 68.8 cm³/mol. The molecule has 0 bridgehead atoms. The molecule has 0 saturated carbocycles. The summed E-state index contributed by atoms with van der Waals surface area (Å²) in [6, 6.07) is 11.6. The van der Waals surface area contributed by atoms with Crippen molar-refractivity contribution in [1.29, 1.82) is 0 Å². The van der Waals surface area contributed by atoms with E-state index in [1.807, 2.05) is 31.2 Å². The number of nitrogens with zero attached hydrogens (tertiary/aromatic N) is 1. The van der Waals surface area contributed by atoms with Crippen LogP contribution in [0.1, 0.15) is 15.9 Å². The average Bonchev–Trinajstić information content (AvgIpc) is 2.35. The molecule has 0 aliphatic heterocycles. The van der Waals surface area contributed by atoms with Crippen molar-refractivity contribution in [2.45, 2.75) is 6.92 Å². The summed E-state index contributed by atoms with van der Waals surface area (Å²) in [5.74, 6) is 4.70. The first-order chi connectivity index (χ1) is 8.20. The number of rotatable bonds is 2. The maximum absolute atomic E-state index is 11.7. The topological polar surface area (TPSA) is 67.5 Å². The SMILES string of the molecule is Cc1ccc2cc(C(=O)N/C=N/N)ccc2c1. The van der Waals surface area contributed by atoms with Crippen molar-refractivity contribution in [3.05, 3.63) is 47.5 Å². The number of carbonyl (C=O) groups is 1. The van der Waals surface area contributed by atoms with Gasteiger partial charge in [-0.05, 0) is 29.8 Å². The number of hydrazone groups is 1. The molecule has 0 spiro atoms. The number of hydrogen-bond acceptors (Lipinski definition) is 3. The number of fused-ring (bicyclic) bond motifs is 1. The van der Waals surface area contributed by atoms with Crippen LogP contribution in [0.4, 0.5) is 0 Å². The molecule has 17 heavy (non-hydrogen) atoms. The van der Waals surface area contributed by atoms with Gasteiger partial charge in [-0.15, -0.1) is 0 Å². The lowest BCUT2D eigenvalue weighted by Gasteiger charge is -2.03. The van der Waals surface area contributed by atoms with Gasteiger partial charge in [-0.3, -0.25) is 4.79 Å². The molecule has 3 N–H and O–H groups in total. The minimum atomic E-state index is -0.221. The van der Waals surface area contributed by atoms with E-state index in [4.69, 9.17) is 5.84 Å². The second-order valence-electron chi connectivity index (χ2n) is 3.82. The minimum absolute atomic E-state index is 0.221. The van der Waals surface area contributed by atoms with Crippen molar-refractivity contribution in [1.82, 2.24) is 5.32 Å². The lowest BCUT2D eigenvalue weighted by molar-refractivity contribution is 0.0978. The Labute approximate surface area is 99.1 Å². The van der Waals surface area contributed by atoms with Gasteiger partial charge in [0.15, 0.2) is 0 Å². The third-order valence-electron chi connectivity index (χ3n) is 2.53. The third kappa shape index (κ3) is 2.42. The summed E-state index contributed by atoms with van der Waals surface area (Å²) in [5, 5.41) is 7.84. The first-order valence-electron chi connectivity index (χ1n) is 5.24. The molecule has 0 unspecified atom stereocenters. The van der Waals surface area contributed by atoms with Gasteiger partial charge in [0.1, 0.15) is 6.34 Å². The normalized spacial score (nSPS) is 10.9. The summed E-state index contributed by atoms with van der Waals surface area (Å²) in [7, 11) is 0. The molecule has 0 aliphatic rings. The molecule has 4 heteroatoms. The van der Waals surface area contributed by atoms with Gasteiger partial charge in [0.25, 0.3) is 5.91 Å². The van der Waals surface area contributed by atoms with E-state index in [-0.39, 0.29) is 5.91 Å². The van der Waals surface area contributed by atoms with Crippen LogP contribution in [-0.2, 0) is 0 Å². The van der Waals surface area contributed by atoms with E-state index in [9.17, 15) is 4.79 Å². The van der Waals surface area contributed by atoms with Crippen molar-refractivity contribution in [2.24, 2.45) is 10.9 Å². The zero-order valence-electron chi connectivity index (χ0n) is 9.47. The van der Waals surface area contributed by atoms with Gasteiger partial charge < -0.3 is 11.2 Å². The number of nitrogens with two attached hydrogens (primary N) is 1. The standard InChI is InChI=1S/C13H13N3O/c1-9-2-3-11-7-12(5-4-10(11)6-9)13(17)15-8-16-14/h2-8H,14H2,1H3,(H,15,16,17). The van der Waals surface area contributed by atoms with E-state index in [1.165, 1.54) is 11.9 Å². The summed E-state index contributed by atoms with van der Waals surface area (Å²) in [6.45, 7) is 2.04. The largest absolute Gasteiger partial charge is 0.322 e. The highest BCUT2D eigenvalue weighted by molar-refractivity contribution is 6.03. The minimum Gasteiger partial charge on any atom is -0.322 e. The zero-order chi connectivity index (χ0) is 12.3. The highest BCUT2D eigenvalue weighted by atomic mass is 16.1. The van der Waals surface area contributed by atoms with Crippen LogP contribution in [0.25, 0.3) is 10.8 Å². The molecule has 0 fully saturated rings. The van der Waals surface area contributed by atoms with E-state index in [0.29, 0.717) is 5.56 Å². The molecular weight excluding hydrogens is 214 g/mol. The van der Waals surface area contributed by atoms with Crippen LogP contribution >= 0.6 is 0 Å². The molecule has 4 nitrogen and oxygen atoms in total. The summed E-state index contributed by atoms with van der Waals surface area (Å²) in [4.78, 5) is 11.7. The van der Waals surface area contributed by atoms with Crippen LogP contribution < -0.4 is 11.2 Å². The smallest absolute Gasteiger partial charge is 0.256 e. The molecule has 0 atom stereocenters. The molecule has 2 rings (SSSR count). The third-order valence-corrected chi connectivity index (χ3v) is 2.53. The number of amides is 1. The monoisotopic (exact) mass is 227 g/mol. The van der Waals surface area contributed by atoms with Crippen molar-refractivity contribution in [3.8, 4) is 0 Å². The summed E-state index contributed by atoms with van der Waals surface area (Å²) in [6.07, 6.45) is 1.17. The molecule has 86 valence electrons. The van der Waals surface area contributed by atoms with E-state index >= 15 is 0 Å². The Morgan fingerprint density at radius 3 is 2.71 bits per heavy atom. The number of nitrogens with one attached hydrogen (secondary N) is 1. The highest BCUT2D eigenvalue weighted by Gasteiger charge is 2.04. The Kier molecular flexibility index (Phi) is 3.05. The van der Waals surface area contributed by atoms with Crippen LogP contribution in [0.15, 0.2) is 41.5 Å². The van der Waals surface area contributed by atoms with E-state index in [2.05, 4.69) is 16.5 Å². The first kappa shape index (κ1) is 11.1. The molecule has 0 heterocycles. The van der Waals surface area contributed by atoms with Crippen molar-refractivity contribution < 1.29 is 4.79 Å². The van der Waals surface area contributed by atoms with Gasteiger partial charge in [-0.1, -0.05) is 29.8 Å². The highest BCUT2D eigenvalue weighted by Crippen LogP contribution is 2.17. The number of benzene rings is 2. The van der Waals surface area contributed by atoms with Gasteiger partial charge in [0, 0.05) is 5.56 Å². The summed E-state index contributed by atoms with van der Waals surface area (Å²) >= 11 is 0. The van der Waals surface area contributed by atoms with E-state index in [1.54, 1.807) is 6.07 Å². The Balaban J connectivity index is 2.38. The molecule has 0 aliphatic carbocycles. The fourth-order valence-corrected chi connectivity index (χ4v) is 1.69. The average molecular weight is 227 g/mol. The molecule has 1 amide bonds. The molecule has 0 saturated heterocycles. The second-order valence-corrected chi connectivity index (χ2v) is 3.82. The van der Waals surface area contributed by atoms with Crippen molar-refractivity contribution in [2.75, 3.05) is 0 Å². The maximum Gasteiger partial charge on any atom is 0.256 e. The van der Waals surface area contributed by atoms with Crippen LogP contribution in [-0.4, -0.2) is 12.2 Å². The van der Waals surface area contributed by atoms with Gasteiger partial charge >= 0.3 is 0 Å². The first-order valence-corrected chi connectivity index (χ1v) is 5.24.